The van der Waals surface area contributed by atoms with Crippen LogP contribution in [0, 0.1) is 0 Å². The quantitative estimate of drug-likeness (QED) is 0.751. The minimum atomic E-state index is -3.76. The summed E-state index contributed by atoms with van der Waals surface area (Å²) >= 11 is 6.09. The molecule has 3 rings (SSSR count). The summed E-state index contributed by atoms with van der Waals surface area (Å²) in [5.41, 5.74) is 0.862. The van der Waals surface area contributed by atoms with E-state index in [1.165, 1.54) is 28.1 Å². The number of halogens is 1. The maximum absolute atomic E-state index is 12.2. The highest BCUT2D eigenvalue weighted by atomic mass is 35.5. The van der Waals surface area contributed by atoms with E-state index in [0.29, 0.717) is 11.6 Å². The highest BCUT2D eigenvalue weighted by Crippen LogP contribution is 2.16. The van der Waals surface area contributed by atoms with Crippen molar-refractivity contribution in [3.63, 3.8) is 0 Å². The van der Waals surface area contributed by atoms with Crippen LogP contribution < -0.4 is 4.72 Å². The van der Waals surface area contributed by atoms with Crippen molar-refractivity contribution in [2.24, 2.45) is 7.05 Å². The molecule has 0 saturated carbocycles. The number of aromatic nitrogens is 5. The van der Waals surface area contributed by atoms with Crippen molar-refractivity contribution in [2.45, 2.75) is 11.4 Å². The highest BCUT2D eigenvalue weighted by Gasteiger charge is 2.18. The monoisotopic (exact) mass is 352 g/mol. The van der Waals surface area contributed by atoms with Gasteiger partial charge in [0.25, 0.3) is 16.0 Å². The number of hydrogen-bond acceptors (Lipinski definition) is 5. The van der Waals surface area contributed by atoms with Gasteiger partial charge in [-0.05, 0) is 11.6 Å². The van der Waals surface area contributed by atoms with Gasteiger partial charge in [0.2, 0.25) is 0 Å². The molecule has 2 heterocycles. The normalized spacial score (nSPS) is 11.6. The van der Waals surface area contributed by atoms with Gasteiger partial charge in [-0.1, -0.05) is 29.8 Å². The molecule has 1 aromatic carbocycles. The summed E-state index contributed by atoms with van der Waals surface area (Å²) in [5.74, 6) is -0.0130. The van der Waals surface area contributed by atoms with E-state index in [1.54, 1.807) is 13.1 Å². The average Bonchev–Trinajstić information content (AvgIpc) is 3.11. The van der Waals surface area contributed by atoms with E-state index < -0.39 is 10.0 Å². The lowest BCUT2D eigenvalue weighted by atomic mass is 10.2. The van der Waals surface area contributed by atoms with E-state index in [1.807, 2.05) is 18.2 Å². The maximum atomic E-state index is 12.2. The topological polar surface area (TPSA) is 94.7 Å². The molecule has 0 fully saturated rings. The zero-order valence-electron chi connectivity index (χ0n) is 12.1. The van der Waals surface area contributed by atoms with E-state index in [-0.39, 0.29) is 10.8 Å². The van der Waals surface area contributed by atoms with Gasteiger partial charge < -0.3 is 0 Å². The molecule has 0 aliphatic rings. The van der Waals surface area contributed by atoms with Gasteiger partial charge in [0.15, 0.2) is 0 Å². The van der Waals surface area contributed by atoms with Gasteiger partial charge in [0, 0.05) is 18.3 Å². The van der Waals surface area contributed by atoms with Crippen LogP contribution in [0.3, 0.4) is 0 Å². The third-order valence-corrected chi connectivity index (χ3v) is 4.70. The van der Waals surface area contributed by atoms with Gasteiger partial charge in [-0.15, -0.1) is 5.10 Å². The first-order valence-corrected chi connectivity index (χ1v) is 8.44. The summed E-state index contributed by atoms with van der Waals surface area (Å²) in [6.45, 7) is 0.390. The molecule has 1 N–H and O–H groups in total. The van der Waals surface area contributed by atoms with E-state index >= 15 is 0 Å². The fourth-order valence-electron chi connectivity index (χ4n) is 1.94. The Kier molecular flexibility index (Phi) is 4.05. The van der Waals surface area contributed by atoms with Crippen molar-refractivity contribution in [3.8, 4) is 0 Å². The number of benzene rings is 1. The number of anilines is 1. The second-order valence-corrected chi connectivity index (χ2v) is 6.90. The molecular weight excluding hydrogens is 340 g/mol. The van der Waals surface area contributed by atoms with Crippen LogP contribution in [-0.4, -0.2) is 33.0 Å². The Morgan fingerprint density at radius 2 is 2.09 bits per heavy atom. The standard InChI is InChI=1S/C13H13ClN6O2S/c1-19-8-11(6-16-19)23(21,22)18-13-15-9-20(17-13)7-10-4-2-3-5-12(10)14/h2-6,8-9H,7H2,1H3,(H,17,18). The lowest BCUT2D eigenvalue weighted by molar-refractivity contribution is 0.600. The fraction of sp³-hybridized carbons (Fsp3) is 0.154. The summed E-state index contributed by atoms with van der Waals surface area (Å²) in [6, 6.07) is 7.34. The fourth-order valence-corrected chi connectivity index (χ4v) is 3.06. The van der Waals surface area contributed by atoms with Gasteiger partial charge in [0.1, 0.15) is 11.2 Å². The number of rotatable bonds is 5. The summed E-state index contributed by atoms with van der Waals surface area (Å²) in [4.78, 5) is 3.99. The smallest absolute Gasteiger partial charge is 0.267 e. The number of nitrogens with zero attached hydrogens (tertiary/aromatic N) is 5. The van der Waals surface area contributed by atoms with Crippen molar-refractivity contribution in [1.82, 2.24) is 24.5 Å². The lowest BCUT2D eigenvalue weighted by Gasteiger charge is -2.03. The molecule has 0 radical (unpaired) electrons. The molecule has 3 aromatic rings. The molecule has 0 unspecified atom stereocenters. The molecule has 0 aliphatic carbocycles. The van der Waals surface area contributed by atoms with Crippen molar-refractivity contribution in [1.29, 1.82) is 0 Å². The second-order valence-electron chi connectivity index (χ2n) is 4.81. The number of hydrogen-bond donors (Lipinski definition) is 1. The number of nitrogens with one attached hydrogen (secondary N) is 1. The SMILES string of the molecule is Cn1cc(S(=O)(=O)Nc2ncn(Cc3ccccc3Cl)n2)cn1. The molecule has 2 aromatic heterocycles. The van der Waals surface area contributed by atoms with Crippen LogP contribution in [0.4, 0.5) is 5.95 Å². The molecule has 0 spiro atoms. The Bertz CT molecular complexity index is 933. The third-order valence-electron chi connectivity index (χ3n) is 3.04. The van der Waals surface area contributed by atoms with Gasteiger partial charge >= 0.3 is 0 Å². The van der Waals surface area contributed by atoms with Crippen LogP contribution in [0.1, 0.15) is 5.56 Å². The van der Waals surface area contributed by atoms with Crippen LogP contribution >= 0.6 is 11.6 Å². The summed E-state index contributed by atoms with van der Waals surface area (Å²) in [7, 11) is -2.12. The third kappa shape index (κ3) is 3.51. The van der Waals surface area contributed by atoms with Gasteiger partial charge in [-0.25, -0.2) is 17.8 Å². The molecule has 0 aliphatic heterocycles. The first-order valence-electron chi connectivity index (χ1n) is 6.58. The molecule has 0 atom stereocenters. The Balaban J connectivity index is 1.76. The molecule has 120 valence electrons. The zero-order chi connectivity index (χ0) is 16.4. The molecule has 10 heteroatoms. The van der Waals surface area contributed by atoms with Gasteiger partial charge in [-0.3, -0.25) is 4.68 Å². The van der Waals surface area contributed by atoms with Crippen molar-refractivity contribution < 1.29 is 8.42 Å². The lowest BCUT2D eigenvalue weighted by Crippen LogP contribution is -2.14. The Morgan fingerprint density at radius 3 is 2.78 bits per heavy atom. The molecule has 0 bridgehead atoms. The molecule has 0 saturated heterocycles. The first-order chi connectivity index (χ1) is 10.9. The van der Waals surface area contributed by atoms with Crippen LogP contribution in [0.2, 0.25) is 5.02 Å². The molecule has 8 nitrogen and oxygen atoms in total. The Morgan fingerprint density at radius 1 is 1.30 bits per heavy atom. The van der Waals surface area contributed by atoms with Crippen molar-refractivity contribution in [2.75, 3.05) is 4.72 Å². The molecule has 23 heavy (non-hydrogen) atoms. The van der Waals surface area contributed by atoms with Crippen LogP contribution in [-0.2, 0) is 23.6 Å². The largest absolute Gasteiger partial charge is 0.274 e. The summed E-state index contributed by atoms with van der Waals surface area (Å²) in [5, 5.41) is 8.54. The van der Waals surface area contributed by atoms with E-state index in [2.05, 4.69) is 19.9 Å². The predicted octanol–water partition coefficient (Wildman–Crippen LogP) is 1.51. The minimum absolute atomic E-state index is 0.0130. The Labute approximate surface area is 137 Å². The summed E-state index contributed by atoms with van der Waals surface area (Å²) in [6.07, 6.45) is 4.08. The van der Waals surface area contributed by atoms with E-state index in [0.717, 1.165) is 5.56 Å². The van der Waals surface area contributed by atoms with Crippen LogP contribution in [0.5, 0.6) is 0 Å². The minimum Gasteiger partial charge on any atom is -0.274 e. The Hall–Kier alpha value is -2.39. The highest BCUT2D eigenvalue weighted by molar-refractivity contribution is 7.92. The average molecular weight is 353 g/mol. The van der Waals surface area contributed by atoms with Crippen molar-refractivity contribution in [3.05, 3.63) is 53.6 Å². The van der Waals surface area contributed by atoms with Gasteiger partial charge in [0.05, 0.1) is 12.7 Å². The predicted molar refractivity (Wildman–Crippen MR) is 84.6 cm³/mol. The van der Waals surface area contributed by atoms with Gasteiger partial charge in [-0.2, -0.15) is 10.1 Å². The van der Waals surface area contributed by atoms with Crippen molar-refractivity contribution >= 4 is 27.6 Å². The first kappa shape index (κ1) is 15.5. The zero-order valence-corrected chi connectivity index (χ0v) is 13.7. The van der Waals surface area contributed by atoms with Crippen LogP contribution in [0.15, 0.2) is 47.9 Å². The summed E-state index contributed by atoms with van der Waals surface area (Å²) < 4.78 is 29.5. The number of sulfonamides is 1. The molecular formula is C13H13ClN6O2S. The second kappa shape index (κ2) is 6.01. The maximum Gasteiger partial charge on any atom is 0.267 e. The molecule has 0 amide bonds. The van der Waals surface area contributed by atoms with Crippen LogP contribution in [0.25, 0.3) is 0 Å². The number of aryl methyl sites for hydroxylation is 1. The van der Waals surface area contributed by atoms with E-state index in [4.69, 9.17) is 11.6 Å². The van der Waals surface area contributed by atoms with E-state index in [9.17, 15) is 8.42 Å².